The standard InChI is InChI=1S/CH4O3S.2H2O/c1-5(2,3)4;;/h1H3,(H,2,3,4);2*1H2. The molecular formula is CH8O5S. The minimum Gasteiger partial charge on any atom is -0.412 e. The van der Waals surface area contributed by atoms with E-state index in [1.807, 2.05) is 0 Å². The third-order valence-electron chi connectivity index (χ3n) is 0. The Morgan fingerprint density at radius 2 is 1.29 bits per heavy atom. The van der Waals surface area contributed by atoms with Crippen LogP contribution in [0.2, 0.25) is 0 Å². The van der Waals surface area contributed by atoms with Crippen molar-refractivity contribution >= 4 is 10.1 Å². The zero-order chi connectivity index (χ0) is 4.50. The second-order valence-electron chi connectivity index (χ2n) is 0.733. The van der Waals surface area contributed by atoms with E-state index in [9.17, 15) is 8.42 Å². The lowest BCUT2D eigenvalue weighted by atomic mass is 12.0. The predicted molar refractivity (Wildman–Crippen MR) is 24.7 cm³/mol. The average Bonchev–Trinajstić information content (AvgIpc) is 0.722. The third-order valence-corrected chi connectivity index (χ3v) is 0. The van der Waals surface area contributed by atoms with Gasteiger partial charge >= 0.3 is 0 Å². The van der Waals surface area contributed by atoms with E-state index in [0.717, 1.165) is 0 Å². The summed E-state index contributed by atoms with van der Waals surface area (Å²) < 4.78 is 25.9. The summed E-state index contributed by atoms with van der Waals surface area (Å²) in [5, 5.41) is 0. The van der Waals surface area contributed by atoms with E-state index in [1.165, 1.54) is 0 Å². The molecule has 0 heterocycles. The van der Waals surface area contributed by atoms with Gasteiger partial charge in [-0.1, -0.05) is 0 Å². The Morgan fingerprint density at radius 3 is 1.29 bits per heavy atom. The van der Waals surface area contributed by atoms with Gasteiger partial charge in [-0.3, -0.25) is 4.55 Å². The van der Waals surface area contributed by atoms with Crippen molar-refractivity contribution in [3.05, 3.63) is 0 Å². The van der Waals surface area contributed by atoms with Crippen molar-refractivity contribution in [3.63, 3.8) is 0 Å². The summed E-state index contributed by atoms with van der Waals surface area (Å²) in [6, 6.07) is 0. The topological polar surface area (TPSA) is 117 Å². The van der Waals surface area contributed by atoms with E-state index >= 15 is 0 Å². The monoisotopic (exact) mass is 132 g/mol. The van der Waals surface area contributed by atoms with E-state index in [0.29, 0.717) is 6.26 Å². The van der Waals surface area contributed by atoms with Crippen molar-refractivity contribution in [2.45, 2.75) is 0 Å². The molecule has 0 amide bonds. The largest absolute Gasteiger partial charge is 0.412 e. The van der Waals surface area contributed by atoms with Gasteiger partial charge in [0.25, 0.3) is 10.1 Å². The highest BCUT2D eigenvalue weighted by Gasteiger charge is 1.81. The molecule has 0 aromatic rings. The van der Waals surface area contributed by atoms with Gasteiger partial charge in [0.15, 0.2) is 0 Å². The van der Waals surface area contributed by atoms with E-state index in [-0.39, 0.29) is 11.0 Å². The molecule has 0 radical (unpaired) electrons. The van der Waals surface area contributed by atoms with Crippen molar-refractivity contribution < 1.29 is 23.9 Å². The summed E-state index contributed by atoms with van der Waals surface area (Å²) >= 11 is 0. The van der Waals surface area contributed by atoms with Gasteiger partial charge in [0.2, 0.25) is 0 Å². The highest BCUT2D eigenvalue weighted by Crippen LogP contribution is 1.60. The third kappa shape index (κ3) is 2960. The lowest BCUT2D eigenvalue weighted by Crippen LogP contribution is -1.88. The zero-order valence-electron chi connectivity index (χ0n) is 3.67. The van der Waals surface area contributed by atoms with E-state index in [4.69, 9.17) is 4.55 Å². The molecular weight excluding hydrogens is 124 g/mol. The van der Waals surface area contributed by atoms with Crippen LogP contribution in [-0.2, 0) is 10.1 Å². The maximum Gasteiger partial charge on any atom is 0.261 e. The van der Waals surface area contributed by atoms with Crippen molar-refractivity contribution in [1.29, 1.82) is 0 Å². The lowest BCUT2D eigenvalue weighted by Gasteiger charge is -1.69. The molecule has 0 aliphatic carbocycles. The second kappa shape index (κ2) is 4.00. The Kier molecular flexibility index (Phi) is 9.05. The molecule has 0 bridgehead atoms. The molecule has 6 heteroatoms. The van der Waals surface area contributed by atoms with Crippen LogP contribution in [0.15, 0.2) is 0 Å². The summed E-state index contributed by atoms with van der Waals surface area (Å²) in [7, 11) is -3.67. The molecule has 0 aromatic carbocycles. The van der Waals surface area contributed by atoms with Crippen LogP contribution >= 0.6 is 0 Å². The molecule has 0 aliphatic rings. The molecule has 0 spiro atoms. The fourth-order valence-corrected chi connectivity index (χ4v) is 0. The van der Waals surface area contributed by atoms with Crippen LogP contribution in [0.1, 0.15) is 0 Å². The molecule has 0 rings (SSSR count). The van der Waals surface area contributed by atoms with E-state index < -0.39 is 10.1 Å². The van der Waals surface area contributed by atoms with Crippen LogP contribution in [0.5, 0.6) is 0 Å². The minimum atomic E-state index is -3.67. The SMILES string of the molecule is CS(=O)(=O)O.O.O. The Bertz CT molecular complexity index is 91.2. The summed E-state index contributed by atoms with van der Waals surface area (Å²) in [4.78, 5) is 0. The fraction of sp³-hybridized carbons (Fsp3) is 1.00. The van der Waals surface area contributed by atoms with Gasteiger partial charge in [-0.2, -0.15) is 8.42 Å². The first-order valence-electron chi connectivity index (χ1n) is 0.924. The van der Waals surface area contributed by atoms with Crippen LogP contribution in [0.25, 0.3) is 0 Å². The summed E-state index contributed by atoms with van der Waals surface area (Å²) in [6.45, 7) is 0. The Labute approximate surface area is 41.3 Å². The smallest absolute Gasteiger partial charge is 0.261 e. The average molecular weight is 132 g/mol. The van der Waals surface area contributed by atoms with Gasteiger partial charge in [0.1, 0.15) is 0 Å². The van der Waals surface area contributed by atoms with E-state index in [1.54, 1.807) is 0 Å². The number of rotatable bonds is 0. The normalized spacial score (nSPS) is 8.29. The lowest BCUT2D eigenvalue weighted by molar-refractivity contribution is 0.490. The summed E-state index contributed by atoms with van der Waals surface area (Å²) in [6.07, 6.45) is 0.715. The Morgan fingerprint density at radius 1 is 1.29 bits per heavy atom. The molecule has 5 N–H and O–H groups in total. The maximum atomic E-state index is 9.19. The van der Waals surface area contributed by atoms with Gasteiger partial charge in [0, 0.05) is 0 Å². The zero-order valence-corrected chi connectivity index (χ0v) is 4.49. The summed E-state index contributed by atoms with van der Waals surface area (Å²) in [5.74, 6) is 0. The van der Waals surface area contributed by atoms with Crippen LogP contribution < -0.4 is 0 Å². The molecule has 0 unspecified atom stereocenters. The molecule has 0 saturated heterocycles. The van der Waals surface area contributed by atoms with Crippen molar-refractivity contribution in [3.8, 4) is 0 Å². The Balaban J connectivity index is -0.0000000800. The molecule has 0 atom stereocenters. The molecule has 5 nitrogen and oxygen atoms in total. The van der Waals surface area contributed by atoms with Gasteiger partial charge < -0.3 is 11.0 Å². The molecule has 0 fully saturated rings. The maximum absolute atomic E-state index is 9.19. The molecule has 0 saturated carbocycles. The number of hydrogen-bond acceptors (Lipinski definition) is 2. The highest BCUT2D eigenvalue weighted by molar-refractivity contribution is 7.85. The minimum absolute atomic E-state index is 0. The van der Waals surface area contributed by atoms with Gasteiger partial charge in [-0.15, -0.1) is 0 Å². The van der Waals surface area contributed by atoms with Crippen LogP contribution in [0.3, 0.4) is 0 Å². The number of hydrogen-bond donors (Lipinski definition) is 1. The quantitative estimate of drug-likeness (QED) is 0.378. The van der Waals surface area contributed by atoms with Crippen LogP contribution in [0, 0.1) is 0 Å². The first-order chi connectivity index (χ1) is 2.00. The van der Waals surface area contributed by atoms with Crippen molar-refractivity contribution in [2.75, 3.05) is 6.26 Å². The van der Waals surface area contributed by atoms with Crippen LogP contribution in [0.4, 0.5) is 0 Å². The van der Waals surface area contributed by atoms with Gasteiger partial charge in [0.05, 0.1) is 6.26 Å². The van der Waals surface area contributed by atoms with Crippen molar-refractivity contribution in [1.82, 2.24) is 0 Å². The first-order valence-corrected chi connectivity index (χ1v) is 2.77. The van der Waals surface area contributed by atoms with Gasteiger partial charge in [-0.05, 0) is 0 Å². The second-order valence-corrected chi connectivity index (χ2v) is 2.20. The summed E-state index contributed by atoms with van der Waals surface area (Å²) in [5.41, 5.74) is 0. The highest BCUT2D eigenvalue weighted by atomic mass is 32.2. The molecule has 7 heavy (non-hydrogen) atoms. The molecule has 48 valence electrons. The van der Waals surface area contributed by atoms with Gasteiger partial charge in [-0.25, -0.2) is 0 Å². The molecule has 0 aromatic heterocycles. The first kappa shape index (κ1) is 15.8. The van der Waals surface area contributed by atoms with Crippen molar-refractivity contribution in [2.24, 2.45) is 0 Å². The fourth-order valence-electron chi connectivity index (χ4n) is 0. The predicted octanol–water partition coefficient (Wildman–Crippen LogP) is -2.15. The Hall–Kier alpha value is -0.170. The van der Waals surface area contributed by atoms with Crippen LogP contribution in [-0.4, -0.2) is 30.2 Å². The van der Waals surface area contributed by atoms with E-state index in [2.05, 4.69) is 0 Å². The molecule has 0 aliphatic heterocycles.